The fourth-order valence-corrected chi connectivity index (χ4v) is 8.93. The molecule has 0 amide bonds. The molecule has 14 N–H and O–H groups in total. The molecule has 18 heteroatoms. The van der Waals surface area contributed by atoms with Crippen LogP contribution in [0.2, 0.25) is 0 Å². The maximum absolute atomic E-state index is 12.6. The van der Waals surface area contributed by atoms with Crippen LogP contribution < -0.4 is 18.9 Å². The summed E-state index contributed by atoms with van der Waals surface area (Å²) in [5.74, 6) is -12.4. The summed E-state index contributed by atoms with van der Waals surface area (Å²) in [6.45, 7) is 0. The molecule has 6 atom stereocenters. The first kappa shape index (κ1) is 38.9. The lowest BCUT2D eigenvalue weighted by Crippen LogP contribution is -2.58. The molecule has 6 aromatic carbocycles. The van der Waals surface area contributed by atoms with Crippen molar-refractivity contribution in [2.45, 2.75) is 42.5 Å². The number of ether oxygens (including phenoxy) is 4. The number of hydrogen-bond acceptors (Lipinski definition) is 18. The zero-order valence-corrected chi connectivity index (χ0v) is 32.0. The highest BCUT2D eigenvalue weighted by Gasteiger charge is 2.61. The Labute approximate surface area is 353 Å². The van der Waals surface area contributed by atoms with E-state index in [-0.39, 0.29) is 62.6 Å². The third-order valence-electron chi connectivity index (χ3n) is 11.8. The van der Waals surface area contributed by atoms with E-state index in [0.29, 0.717) is 0 Å². The molecule has 2 bridgehead atoms. The Kier molecular flexibility index (Phi) is 8.28. The molecule has 63 heavy (non-hydrogen) atoms. The Balaban J connectivity index is 1.27. The van der Waals surface area contributed by atoms with E-state index in [1.165, 1.54) is 24.3 Å². The molecule has 3 unspecified atom stereocenters. The summed E-state index contributed by atoms with van der Waals surface area (Å²) in [6.07, 6.45) is -6.42. The van der Waals surface area contributed by atoms with Gasteiger partial charge in [0.25, 0.3) is 0 Å². The fraction of sp³-hybridized carbons (Fsp3) is 0.156. The zero-order chi connectivity index (χ0) is 44.5. The molecule has 0 aromatic heterocycles. The first-order chi connectivity index (χ1) is 30.0. The summed E-state index contributed by atoms with van der Waals surface area (Å²) in [4.78, 5) is 0. The molecule has 10 rings (SSSR count). The second-order valence-corrected chi connectivity index (χ2v) is 15.5. The number of hydrogen-bond donors (Lipinski definition) is 14. The van der Waals surface area contributed by atoms with Crippen LogP contribution in [0.1, 0.15) is 62.6 Å². The van der Waals surface area contributed by atoms with Crippen LogP contribution in [0.15, 0.2) is 84.6 Å². The van der Waals surface area contributed by atoms with E-state index in [1.807, 2.05) is 0 Å². The van der Waals surface area contributed by atoms with Gasteiger partial charge in [0, 0.05) is 64.1 Å². The summed E-state index contributed by atoms with van der Waals surface area (Å²) < 4.78 is 25.6. The zero-order valence-electron chi connectivity index (χ0n) is 32.0. The van der Waals surface area contributed by atoms with Gasteiger partial charge in [-0.3, -0.25) is 0 Å². The monoisotopic (exact) mass is 862 g/mol. The highest BCUT2D eigenvalue weighted by atomic mass is 16.7. The van der Waals surface area contributed by atoms with E-state index in [0.717, 1.165) is 54.6 Å². The summed E-state index contributed by atoms with van der Waals surface area (Å²) in [5.41, 5.74) is -1.43. The molecule has 0 saturated heterocycles. The van der Waals surface area contributed by atoms with Crippen LogP contribution in [-0.4, -0.2) is 83.7 Å². The molecule has 0 fully saturated rings. The van der Waals surface area contributed by atoms with Crippen LogP contribution in [0.3, 0.4) is 0 Å². The van der Waals surface area contributed by atoms with E-state index < -0.39 is 122 Å². The predicted molar refractivity (Wildman–Crippen MR) is 213 cm³/mol. The molecule has 0 radical (unpaired) electrons. The first-order valence-corrected chi connectivity index (χ1v) is 19.1. The molecule has 0 aliphatic carbocycles. The highest BCUT2D eigenvalue weighted by Crippen LogP contribution is 2.65. The van der Waals surface area contributed by atoms with Crippen LogP contribution in [0, 0.1) is 0 Å². The minimum Gasteiger partial charge on any atom is -0.508 e. The van der Waals surface area contributed by atoms with Crippen molar-refractivity contribution in [2.24, 2.45) is 0 Å². The van der Waals surface area contributed by atoms with Crippen molar-refractivity contribution in [3.05, 3.63) is 129 Å². The number of phenolic OH excluding ortho intramolecular Hbond substituents is 11. The Hall–Kier alpha value is -8.22. The first-order valence-electron chi connectivity index (χ1n) is 19.1. The van der Waals surface area contributed by atoms with Gasteiger partial charge in [-0.25, -0.2) is 0 Å². The SMILES string of the molecule is OC1=C(c2c(O)cc(O)c3c2OC2(c4ccc(O)c(O)c4)Oc4cc(O)c5c(c4C3[C@H]2O)OC(c2ccc(O)c(O)c2)[C@@H](O)C5)c2c(O)cc(O)cc2O[C@H]1c1ccc(O)c(O)c1. The smallest absolute Gasteiger partial charge is 0.305 e. The second-order valence-electron chi connectivity index (χ2n) is 15.5. The number of aliphatic hydroxyl groups excluding tert-OH is 3. The van der Waals surface area contributed by atoms with Crippen molar-refractivity contribution >= 4 is 5.57 Å². The Morgan fingerprint density at radius 2 is 1.13 bits per heavy atom. The Bertz CT molecular complexity index is 3000. The lowest BCUT2D eigenvalue weighted by atomic mass is 9.73. The van der Waals surface area contributed by atoms with Gasteiger partial charge in [0.1, 0.15) is 69.7 Å². The number of phenols is 11. The minimum atomic E-state index is -2.52. The van der Waals surface area contributed by atoms with Crippen LogP contribution >= 0.6 is 0 Å². The second kappa shape index (κ2) is 13.4. The van der Waals surface area contributed by atoms with Gasteiger partial charge in [0.05, 0.1) is 23.1 Å². The molecule has 0 spiro atoms. The van der Waals surface area contributed by atoms with E-state index in [4.69, 9.17) is 18.9 Å². The number of aliphatic hydroxyl groups is 3. The maximum atomic E-state index is 12.6. The third-order valence-corrected chi connectivity index (χ3v) is 11.8. The summed E-state index contributed by atoms with van der Waals surface area (Å²) in [7, 11) is 0. The third kappa shape index (κ3) is 5.58. The average Bonchev–Trinajstić information content (AvgIpc) is 3.22. The molecular formula is C45H34O18. The van der Waals surface area contributed by atoms with E-state index in [9.17, 15) is 71.5 Å². The topological polar surface area (TPSA) is 320 Å². The van der Waals surface area contributed by atoms with Crippen molar-refractivity contribution in [2.75, 3.05) is 0 Å². The van der Waals surface area contributed by atoms with Gasteiger partial charge >= 0.3 is 5.79 Å². The van der Waals surface area contributed by atoms with Gasteiger partial charge in [0.15, 0.2) is 40.6 Å². The molecule has 4 heterocycles. The standard InChI is InChI=1S/C45H34O18/c46-18-10-27(54)33-31(11-18)60-41(16-2-5-21(48)25(52)8-16)39(58)37(33)34-28(55)13-29(56)35-38-36-32(62-45(44(38)59,63-43(34)35)17-3-6-22(49)26(53)9-17)14-23(50)19-12-30(57)40(61-42(19)36)15-1-4-20(47)24(51)7-15/h1-11,13-14,30,38,40-41,44,46-59H,12H2/t30-,38?,40?,41-,44+,45?/m0/s1. The molecule has 6 aromatic rings. The largest absolute Gasteiger partial charge is 0.508 e. The van der Waals surface area contributed by atoms with E-state index in [1.54, 1.807) is 0 Å². The van der Waals surface area contributed by atoms with Crippen LogP contribution in [0.4, 0.5) is 0 Å². The molecule has 4 aliphatic heterocycles. The fourth-order valence-electron chi connectivity index (χ4n) is 8.93. The van der Waals surface area contributed by atoms with Crippen molar-refractivity contribution in [3.63, 3.8) is 0 Å². The van der Waals surface area contributed by atoms with E-state index >= 15 is 0 Å². The van der Waals surface area contributed by atoms with Gasteiger partial charge in [-0.2, -0.15) is 0 Å². The Morgan fingerprint density at radius 3 is 1.81 bits per heavy atom. The van der Waals surface area contributed by atoms with Crippen LogP contribution in [0.5, 0.6) is 86.2 Å². The molecule has 4 aliphatic rings. The molecule has 322 valence electrons. The summed E-state index contributed by atoms with van der Waals surface area (Å²) in [6, 6.07) is 14.5. The van der Waals surface area contributed by atoms with Gasteiger partial charge in [-0.15, -0.1) is 0 Å². The average molecular weight is 863 g/mol. The lowest BCUT2D eigenvalue weighted by molar-refractivity contribution is -0.219. The van der Waals surface area contributed by atoms with Gasteiger partial charge in [0.2, 0.25) is 0 Å². The van der Waals surface area contributed by atoms with Gasteiger partial charge in [-0.1, -0.05) is 12.1 Å². The van der Waals surface area contributed by atoms with Gasteiger partial charge in [-0.05, 0) is 48.0 Å². The Morgan fingerprint density at radius 1 is 0.492 bits per heavy atom. The van der Waals surface area contributed by atoms with Crippen molar-refractivity contribution < 1.29 is 90.4 Å². The van der Waals surface area contributed by atoms with Crippen LogP contribution in [0.25, 0.3) is 5.57 Å². The summed E-state index contributed by atoms with van der Waals surface area (Å²) >= 11 is 0. The molecular weight excluding hydrogens is 828 g/mol. The maximum Gasteiger partial charge on any atom is 0.305 e. The number of rotatable bonds is 4. The quantitative estimate of drug-likeness (QED) is 0.103. The van der Waals surface area contributed by atoms with Crippen LogP contribution in [-0.2, 0) is 12.2 Å². The lowest BCUT2D eigenvalue weighted by Gasteiger charge is -2.51. The normalized spacial score (nSPS) is 22.9. The van der Waals surface area contributed by atoms with E-state index in [2.05, 4.69) is 0 Å². The number of benzene rings is 6. The van der Waals surface area contributed by atoms with Crippen molar-refractivity contribution in [1.82, 2.24) is 0 Å². The summed E-state index contributed by atoms with van der Waals surface area (Å²) in [5, 5.41) is 155. The van der Waals surface area contributed by atoms with Crippen molar-refractivity contribution in [3.8, 4) is 86.2 Å². The molecule has 0 saturated carbocycles. The molecule has 18 nitrogen and oxygen atoms in total. The number of aromatic hydroxyl groups is 11. The van der Waals surface area contributed by atoms with Gasteiger partial charge < -0.3 is 90.4 Å². The number of fused-ring (bicyclic) bond motifs is 9. The predicted octanol–water partition coefficient (Wildman–Crippen LogP) is 5.07. The minimum absolute atomic E-state index is 0.0287. The van der Waals surface area contributed by atoms with Crippen molar-refractivity contribution in [1.29, 1.82) is 0 Å². The highest BCUT2D eigenvalue weighted by molar-refractivity contribution is 5.94.